The van der Waals surface area contributed by atoms with E-state index in [1.807, 2.05) is 60.7 Å². The Hall–Kier alpha value is -5.07. The van der Waals surface area contributed by atoms with Gasteiger partial charge in [-0.15, -0.1) is 0 Å². The van der Waals surface area contributed by atoms with Crippen LogP contribution in [0.2, 0.25) is 5.02 Å². The lowest BCUT2D eigenvalue weighted by Crippen LogP contribution is -2.48. The number of anilines is 1. The van der Waals surface area contributed by atoms with Crippen LogP contribution >= 0.6 is 11.6 Å². The fraction of sp³-hybridized carbons (Fsp3) is 0.289. The van der Waals surface area contributed by atoms with Crippen molar-refractivity contribution < 1.29 is 32.2 Å². The first kappa shape index (κ1) is 35.7. The SMILES string of the molecule is CC(C)Oc1ccc(CN2CCN(C(=O)c3cc4ccc(Oc5ccc(N(C)C(=O)c6ccc(C(F)(F)F)cc6Cl)cn5)cc4n3C)CC2)cc1. The van der Waals surface area contributed by atoms with Crippen LogP contribution in [0.4, 0.5) is 18.9 Å². The average molecular weight is 720 g/mol. The molecule has 0 N–H and O–H groups in total. The molecule has 0 spiro atoms. The molecule has 0 bridgehead atoms. The van der Waals surface area contributed by atoms with Crippen LogP contribution in [0.3, 0.4) is 0 Å². The van der Waals surface area contributed by atoms with Gasteiger partial charge in [-0.3, -0.25) is 14.5 Å². The molecular formula is C38H37ClF3N5O4. The molecule has 0 unspecified atom stereocenters. The molecule has 2 amide bonds. The molecule has 2 aromatic heterocycles. The summed E-state index contributed by atoms with van der Waals surface area (Å²) in [5, 5.41) is 0.589. The Morgan fingerprint density at radius 2 is 1.63 bits per heavy atom. The Labute approximate surface area is 298 Å². The summed E-state index contributed by atoms with van der Waals surface area (Å²) in [7, 11) is 3.32. The number of aromatic nitrogens is 2. The summed E-state index contributed by atoms with van der Waals surface area (Å²) in [5.41, 5.74) is 1.98. The summed E-state index contributed by atoms with van der Waals surface area (Å²) in [6.07, 6.45) is -3.03. The fourth-order valence-corrected chi connectivity index (χ4v) is 6.23. The van der Waals surface area contributed by atoms with Crippen molar-refractivity contribution in [1.82, 2.24) is 19.4 Å². The number of fused-ring (bicyclic) bond motifs is 1. The summed E-state index contributed by atoms with van der Waals surface area (Å²) in [5.74, 6) is 0.997. The molecule has 0 radical (unpaired) electrons. The van der Waals surface area contributed by atoms with Gasteiger partial charge >= 0.3 is 6.18 Å². The zero-order valence-electron chi connectivity index (χ0n) is 28.6. The maximum Gasteiger partial charge on any atom is 0.416 e. The number of nitrogens with zero attached hydrogens (tertiary/aromatic N) is 5. The molecule has 0 aliphatic carbocycles. The van der Waals surface area contributed by atoms with Crippen molar-refractivity contribution in [2.24, 2.45) is 7.05 Å². The summed E-state index contributed by atoms with van der Waals surface area (Å²) in [4.78, 5) is 36.4. The van der Waals surface area contributed by atoms with Gasteiger partial charge in [-0.05, 0) is 74.0 Å². The molecular weight excluding hydrogens is 683 g/mol. The van der Waals surface area contributed by atoms with Gasteiger partial charge < -0.3 is 23.8 Å². The van der Waals surface area contributed by atoms with Gasteiger partial charge in [0, 0.05) is 64.3 Å². The topological polar surface area (TPSA) is 80.1 Å². The Morgan fingerprint density at radius 1 is 0.922 bits per heavy atom. The first-order valence-electron chi connectivity index (χ1n) is 16.4. The van der Waals surface area contributed by atoms with E-state index in [9.17, 15) is 22.8 Å². The van der Waals surface area contributed by atoms with Crippen molar-refractivity contribution >= 4 is 40.0 Å². The normalized spacial score (nSPS) is 13.9. The number of carbonyl (C=O) groups is 2. The molecule has 13 heteroatoms. The lowest BCUT2D eigenvalue weighted by Gasteiger charge is -2.34. The van der Waals surface area contributed by atoms with Gasteiger partial charge in [0.25, 0.3) is 11.8 Å². The van der Waals surface area contributed by atoms with Crippen LogP contribution in [0.15, 0.2) is 85.1 Å². The van der Waals surface area contributed by atoms with Crippen LogP contribution in [0.1, 0.15) is 45.8 Å². The monoisotopic (exact) mass is 719 g/mol. The van der Waals surface area contributed by atoms with Crippen molar-refractivity contribution in [2.75, 3.05) is 38.1 Å². The summed E-state index contributed by atoms with van der Waals surface area (Å²) >= 11 is 6.02. The molecule has 3 aromatic carbocycles. The third-order valence-electron chi connectivity index (χ3n) is 8.76. The molecule has 51 heavy (non-hydrogen) atoms. The largest absolute Gasteiger partial charge is 0.491 e. The first-order valence-corrected chi connectivity index (χ1v) is 16.8. The summed E-state index contributed by atoms with van der Waals surface area (Å²) in [6.45, 7) is 7.62. The number of halogens is 4. The van der Waals surface area contributed by atoms with E-state index in [-0.39, 0.29) is 28.5 Å². The van der Waals surface area contributed by atoms with Crippen LogP contribution in [-0.2, 0) is 19.8 Å². The zero-order chi connectivity index (χ0) is 36.4. The predicted molar refractivity (Wildman–Crippen MR) is 190 cm³/mol. The highest BCUT2D eigenvalue weighted by Crippen LogP contribution is 2.33. The molecule has 0 saturated carbocycles. The van der Waals surface area contributed by atoms with E-state index in [2.05, 4.69) is 22.0 Å². The number of carbonyl (C=O) groups excluding carboxylic acids is 2. The van der Waals surface area contributed by atoms with Gasteiger partial charge in [0.05, 0.1) is 39.7 Å². The third-order valence-corrected chi connectivity index (χ3v) is 9.07. The van der Waals surface area contributed by atoms with Crippen LogP contribution < -0.4 is 14.4 Å². The van der Waals surface area contributed by atoms with Crippen molar-refractivity contribution in [3.63, 3.8) is 0 Å². The van der Waals surface area contributed by atoms with Crippen molar-refractivity contribution in [3.05, 3.63) is 112 Å². The lowest BCUT2D eigenvalue weighted by atomic mass is 10.1. The second-order valence-electron chi connectivity index (χ2n) is 12.7. The molecule has 1 aliphatic rings. The van der Waals surface area contributed by atoms with Crippen LogP contribution in [0, 0.1) is 0 Å². The minimum Gasteiger partial charge on any atom is -0.491 e. The number of hydrogen-bond donors (Lipinski definition) is 0. The number of aryl methyl sites for hydroxylation is 1. The molecule has 1 saturated heterocycles. The smallest absolute Gasteiger partial charge is 0.416 e. The maximum absolute atomic E-state index is 13.6. The predicted octanol–water partition coefficient (Wildman–Crippen LogP) is 8.06. The number of hydrogen-bond acceptors (Lipinski definition) is 6. The molecule has 6 rings (SSSR count). The molecule has 1 fully saturated rings. The second-order valence-corrected chi connectivity index (χ2v) is 13.1. The number of benzene rings is 3. The molecule has 1 aliphatic heterocycles. The molecule has 0 atom stereocenters. The fourth-order valence-electron chi connectivity index (χ4n) is 5.97. The van der Waals surface area contributed by atoms with Gasteiger partial charge in [-0.2, -0.15) is 13.2 Å². The van der Waals surface area contributed by atoms with E-state index < -0.39 is 17.6 Å². The third kappa shape index (κ3) is 8.13. The molecule has 266 valence electrons. The molecule has 3 heterocycles. The van der Waals surface area contributed by atoms with Crippen molar-refractivity contribution in [1.29, 1.82) is 0 Å². The lowest BCUT2D eigenvalue weighted by molar-refractivity contribution is -0.137. The van der Waals surface area contributed by atoms with Crippen LogP contribution in [0.25, 0.3) is 10.9 Å². The van der Waals surface area contributed by atoms with E-state index in [1.54, 1.807) is 18.2 Å². The Morgan fingerprint density at radius 3 is 2.25 bits per heavy atom. The van der Waals surface area contributed by atoms with Crippen LogP contribution in [-0.4, -0.2) is 70.5 Å². The van der Waals surface area contributed by atoms with E-state index in [0.717, 1.165) is 54.5 Å². The first-order chi connectivity index (χ1) is 24.3. The number of piperazine rings is 1. The average Bonchev–Trinajstić information content (AvgIpc) is 3.43. The van der Waals surface area contributed by atoms with E-state index in [1.165, 1.54) is 23.7 Å². The summed E-state index contributed by atoms with van der Waals surface area (Å²) in [6, 6.07) is 21.3. The minimum atomic E-state index is -4.57. The Bertz CT molecular complexity index is 2040. The van der Waals surface area contributed by atoms with E-state index in [4.69, 9.17) is 21.1 Å². The number of pyridine rings is 1. The van der Waals surface area contributed by atoms with Gasteiger partial charge in [0.2, 0.25) is 5.88 Å². The highest BCUT2D eigenvalue weighted by Gasteiger charge is 2.32. The number of amides is 2. The number of rotatable bonds is 9. The molecule has 5 aromatic rings. The molecule has 9 nitrogen and oxygen atoms in total. The Kier molecular flexibility index (Phi) is 10.3. The van der Waals surface area contributed by atoms with Gasteiger partial charge in [0.1, 0.15) is 17.2 Å². The van der Waals surface area contributed by atoms with Gasteiger partial charge in [-0.25, -0.2) is 4.98 Å². The number of ether oxygens (including phenoxy) is 2. The summed E-state index contributed by atoms with van der Waals surface area (Å²) < 4.78 is 52.6. The van der Waals surface area contributed by atoms with E-state index >= 15 is 0 Å². The highest BCUT2D eigenvalue weighted by molar-refractivity contribution is 6.34. The standard InChI is InChI=1S/C38H37ClF3N5O4/c1-24(2)50-29-10-5-25(6-11-29)23-46-15-17-47(18-16-46)37(49)34-19-26-7-12-30(21-33(26)45(34)4)51-35-14-9-28(22-43-35)44(3)36(48)31-13-8-27(20-32(31)39)38(40,41)42/h5-14,19-22,24H,15-18,23H2,1-4H3. The van der Waals surface area contributed by atoms with Crippen LogP contribution in [0.5, 0.6) is 17.4 Å². The Balaban J connectivity index is 1.06. The minimum absolute atomic E-state index is 0.0282. The highest BCUT2D eigenvalue weighted by atomic mass is 35.5. The van der Waals surface area contributed by atoms with Crippen molar-refractivity contribution in [2.45, 2.75) is 32.7 Å². The van der Waals surface area contributed by atoms with Crippen molar-refractivity contribution in [3.8, 4) is 17.4 Å². The maximum atomic E-state index is 13.6. The number of alkyl halides is 3. The quantitative estimate of drug-likeness (QED) is 0.153. The second kappa shape index (κ2) is 14.7. The zero-order valence-corrected chi connectivity index (χ0v) is 29.3. The van der Waals surface area contributed by atoms with Gasteiger partial charge in [0.15, 0.2) is 0 Å². The van der Waals surface area contributed by atoms with E-state index in [0.29, 0.717) is 30.2 Å². The van der Waals surface area contributed by atoms with Gasteiger partial charge in [-0.1, -0.05) is 23.7 Å².